The molecule has 98 valence electrons. The first kappa shape index (κ1) is 12.4. The van der Waals surface area contributed by atoms with Crippen LogP contribution in [0.1, 0.15) is 10.4 Å². The lowest BCUT2D eigenvalue weighted by Crippen LogP contribution is -2.27. The monoisotopic (exact) mass is 261 g/mol. The maximum absolute atomic E-state index is 12.8. The van der Waals surface area contributed by atoms with Crippen LogP contribution in [0.2, 0.25) is 0 Å². The molecule has 0 aliphatic carbocycles. The van der Waals surface area contributed by atoms with E-state index in [2.05, 4.69) is 14.2 Å². The lowest BCUT2D eigenvalue weighted by Gasteiger charge is -2.13. The van der Waals surface area contributed by atoms with E-state index in [4.69, 9.17) is 4.74 Å². The van der Waals surface area contributed by atoms with Gasteiger partial charge in [-0.25, -0.2) is 0 Å². The highest BCUT2D eigenvalue weighted by Crippen LogP contribution is 2.46. The number of fused-ring (bicyclic) bond motifs is 1. The summed E-state index contributed by atoms with van der Waals surface area (Å²) in [5.74, 6) is -2.96. The van der Waals surface area contributed by atoms with Gasteiger partial charge in [0.05, 0.1) is 11.5 Å². The molecule has 1 aromatic carbocycles. The summed E-state index contributed by atoms with van der Waals surface area (Å²) in [5.41, 5.74) is -0.651. The Bertz CT molecular complexity index is 488. The highest BCUT2D eigenvalue weighted by atomic mass is 19.3. The predicted molar refractivity (Wildman–Crippen MR) is 49.5 cm³/mol. The van der Waals surface area contributed by atoms with E-state index in [1.54, 1.807) is 0 Å². The molecule has 2 rings (SSSR count). The topological polar surface area (TPSA) is 77.1 Å². The molecule has 0 atom stereocenters. The highest BCUT2D eigenvalue weighted by molar-refractivity contribution is 5.94. The first-order chi connectivity index (χ1) is 8.44. The first-order valence-corrected chi connectivity index (χ1v) is 4.70. The number of hydrogen-bond donors (Lipinski definition) is 0. The fourth-order valence-electron chi connectivity index (χ4n) is 1.43. The summed E-state index contributed by atoms with van der Waals surface area (Å²) in [6.07, 6.45) is -3.91. The number of carboxylic acids is 1. The van der Waals surface area contributed by atoms with Crippen LogP contribution in [-0.2, 0) is 4.74 Å². The van der Waals surface area contributed by atoms with Gasteiger partial charge in [0, 0.05) is 7.11 Å². The SMILES string of the molecule is COCOc1ccc2c(c1C(=O)[O-])OC(F)(F)O2. The Balaban J connectivity index is 2.44. The average Bonchev–Trinajstić information content (AvgIpc) is 2.58. The van der Waals surface area contributed by atoms with Crippen molar-refractivity contribution in [3.8, 4) is 17.2 Å². The number of halogens is 2. The number of carbonyl (C=O) groups excluding carboxylic acids is 1. The fraction of sp³-hybridized carbons (Fsp3) is 0.300. The van der Waals surface area contributed by atoms with Crippen molar-refractivity contribution in [2.45, 2.75) is 6.29 Å². The molecule has 0 fully saturated rings. The smallest absolute Gasteiger partial charge is 0.545 e. The van der Waals surface area contributed by atoms with E-state index in [1.807, 2.05) is 0 Å². The summed E-state index contributed by atoms with van der Waals surface area (Å²) in [5, 5.41) is 10.9. The molecule has 8 heteroatoms. The molecule has 0 bridgehead atoms. The van der Waals surface area contributed by atoms with E-state index < -0.39 is 29.3 Å². The van der Waals surface area contributed by atoms with Gasteiger partial charge < -0.3 is 28.8 Å². The second-order valence-corrected chi connectivity index (χ2v) is 3.27. The minimum absolute atomic E-state index is 0.211. The quantitative estimate of drug-likeness (QED) is 0.728. The lowest BCUT2D eigenvalue weighted by atomic mass is 10.1. The number of aromatic carboxylic acids is 1. The van der Waals surface area contributed by atoms with Gasteiger partial charge >= 0.3 is 6.29 Å². The van der Waals surface area contributed by atoms with Crippen molar-refractivity contribution < 1.29 is 37.6 Å². The lowest BCUT2D eigenvalue weighted by molar-refractivity contribution is -0.287. The van der Waals surface area contributed by atoms with Crippen molar-refractivity contribution in [2.75, 3.05) is 13.9 Å². The summed E-state index contributed by atoms with van der Waals surface area (Å²) in [7, 11) is 1.32. The molecule has 18 heavy (non-hydrogen) atoms. The fourth-order valence-corrected chi connectivity index (χ4v) is 1.43. The van der Waals surface area contributed by atoms with E-state index in [0.717, 1.165) is 12.1 Å². The number of rotatable bonds is 4. The predicted octanol–water partition coefficient (Wildman–Crippen LogP) is 0.354. The number of ether oxygens (including phenoxy) is 4. The van der Waals surface area contributed by atoms with Crippen LogP contribution in [0.5, 0.6) is 17.2 Å². The number of benzene rings is 1. The van der Waals surface area contributed by atoms with Crippen molar-refractivity contribution in [1.29, 1.82) is 0 Å². The van der Waals surface area contributed by atoms with Gasteiger partial charge in [-0.05, 0) is 12.1 Å². The van der Waals surface area contributed by atoms with E-state index >= 15 is 0 Å². The normalized spacial score (nSPS) is 15.5. The molecular weight excluding hydrogens is 254 g/mol. The van der Waals surface area contributed by atoms with Crippen LogP contribution in [0.3, 0.4) is 0 Å². The van der Waals surface area contributed by atoms with Gasteiger partial charge in [-0.2, -0.15) is 0 Å². The van der Waals surface area contributed by atoms with Gasteiger partial charge in [0.25, 0.3) is 0 Å². The number of alkyl halides is 2. The molecular formula is C10H7F2O6-. The number of hydrogen-bond acceptors (Lipinski definition) is 6. The average molecular weight is 261 g/mol. The molecule has 1 aromatic rings. The molecule has 0 saturated carbocycles. The number of methoxy groups -OCH3 is 1. The summed E-state index contributed by atoms with van der Waals surface area (Å²) in [6, 6.07) is 2.25. The maximum Gasteiger partial charge on any atom is 0.586 e. The second kappa shape index (κ2) is 4.30. The van der Waals surface area contributed by atoms with Gasteiger partial charge in [0.15, 0.2) is 18.3 Å². The third-order valence-corrected chi connectivity index (χ3v) is 2.07. The van der Waals surface area contributed by atoms with Crippen molar-refractivity contribution in [1.82, 2.24) is 0 Å². The molecule has 0 N–H and O–H groups in total. The Labute approximate surface area is 99.6 Å². The molecule has 0 aromatic heterocycles. The third kappa shape index (κ3) is 2.14. The Morgan fingerprint density at radius 1 is 1.44 bits per heavy atom. The van der Waals surface area contributed by atoms with E-state index in [1.165, 1.54) is 7.11 Å². The van der Waals surface area contributed by atoms with Crippen LogP contribution in [0.25, 0.3) is 0 Å². The van der Waals surface area contributed by atoms with Gasteiger partial charge in [-0.1, -0.05) is 0 Å². The summed E-state index contributed by atoms with van der Waals surface area (Å²) >= 11 is 0. The molecule has 0 radical (unpaired) electrons. The molecule has 0 unspecified atom stereocenters. The van der Waals surface area contributed by atoms with Gasteiger partial charge in [0.1, 0.15) is 5.75 Å². The standard InChI is InChI=1S/C10H8F2O6/c1-15-4-16-5-2-3-6-8(7(5)9(13)14)18-10(11,12)17-6/h2-3H,4H2,1H3,(H,13,14)/p-1. The molecule has 0 amide bonds. The largest absolute Gasteiger partial charge is 0.586 e. The van der Waals surface area contributed by atoms with Crippen LogP contribution in [0.15, 0.2) is 12.1 Å². The molecule has 1 aliphatic heterocycles. The summed E-state index contributed by atoms with van der Waals surface area (Å²) < 4.78 is 43.4. The maximum atomic E-state index is 12.8. The molecule has 0 spiro atoms. The van der Waals surface area contributed by atoms with Crippen molar-refractivity contribution >= 4 is 5.97 Å². The Morgan fingerprint density at radius 2 is 2.17 bits per heavy atom. The zero-order valence-corrected chi connectivity index (χ0v) is 9.07. The summed E-state index contributed by atoms with van der Waals surface area (Å²) in [6.45, 7) is -0.254. The Morgan fingerprint density at radius 3 is 2.78 bits per heavy atom. The van der Waals surface area contributed by atoms with Crippen molar-refractivity contribution in [2.24, 2.45) is 0 Å². The number of carbonyl (C=O) groups is 1. The minimum atomic E-state index is -3.91. The van der Waals surface area contributed by atoms with Crippen LogP contribution in [-0.4, -0.2) is 26.2 Å². The number of carboxylic acid groups (broad SMARTS) is 1. The van der Waals surface area contributed by atoms with Crippen LogP contribution in [0.4, 0.5) is 8.78 Å². The van der Waals surface area contributed by atoms with Crippen molar-refractivity contribution in [3.63, 3.8) is 0 Å². The Hall–Kier alpha value is -2.09. The zero-order chi connectivity index (χ0) is 13.3. The van der Waals surface area contributed by atoms with Gasteiger partial charge in [-0.15, -0.1) is 8.78 Å². The van der Waals surface area contributed by atoms with Crippen molar-refractivity contribution in [3.05, 3.63) is 17.7 Å². The van der Waals surface area contributed by atoms with E-state index in [-0.39, 0.29) is 12.5 Å². The first-order valence-electron chi connectivity index (χ1n) is 4.70. The molecule has 1 heterocycles. The van der Waals surface area contributed by atoms with Crippen LogP contribution >= 0.6 is 0 Å². The highest BCUT2D eigenvalue weighted by Gasteiger charge is 2.45. The van der Waals surface area contributed by atoms with Crippen LogP contribution in [0, 0.1) is 0 Å². The van der Waals surface area contributed by atoms with Gasteiger partial charge in [-0.3, -0.25) is 0 Å². The van der Waals surface area contributed by atoms with Gasteiger partial charge in [0.2, 0.25) is 0 Å². The van der Waals surface area contributed by atoms with E-state index in [9.17, 15) is 18.7 Å². The molecule has 1 aliphatic rings. The second-order valence-electron chi connectivity index (χ2n) is 3.27. The minimum Gasteiger partial charge on any atom is -0.545 e. The Kier molecular flexibility index (Phi) is 2.95. The van der Waals surface area contributed by atoms with E-state index in [0.29, 0.717) is 0 Å². The molecule has 0 saturated heterocycles. The zero-order valence-electron chi connectivity index (χ0n) is 9.07. The molecule has 6 nitrogen and oxygen atoms in total. The third-order valence-electron chi connectivity index (χ3n) is 2.07. The summed E-state index contributed by atoms with van der Waals surface area (Å²) in [4.78, 5) is 10.9. The van der Waals surface area contributed by atoms with Crippen LogP contribution < -0.4 is 19.3 Å².